The molecule has 2 rings (SSSR count). The molecular weight excluding hydrogens is 230 g/mol. The van der Waals surface area contributed by atoms with Crippen LogP contribution in [0.3, 0.4) is 0 Å². The highest BCUT2D eigenvalue weighted by Gasteiger charge is 2.03. The second-order valence-corrected chi connectivity index (χ2v) is 3.56. The lowest BCUT2D eigenvalue weighted by molar-refractivity contribution is 0.1000. The summed E-state index contributed by atoms with van der Waals surface area (Å²) in [4.78, 5) is 15.0. The van der Waals surface area contributed by atoms with Crippen molar-refractivity contribution in [3.05, 3.63) is 65.2 Å². The van der Waals surface area contributed by atoms with Crippen molar-refractivity contribution in [3.63, 3.8) is 0 Å². The van der Waals surface area contributed by atoms with Gasteiger partial charge in [0.15, 0.2) is 0 Å². The zero-order chi connectivity index (χ0) is 13.0. The summed E-state index contributed by atoms with van der Waals surface area (Å²) in [6, 6.07) is 9.08. The molecule has 0 aliphatic heterocycles. The lowest BCUT2D eigenvalue weighted by Crippen LogP contribution is -2.11. The Kier molecular flexibility index (Phi) is 3.35. The summed E-state index contributed by atoms with van der Waals surface area (Å²) in [5.74, 6) is 4.28. The fraction of sp³-hybridized carbons (Fsp3) is 0. The van der Waals surface area contributed by atoms with Crippen LogP contribution >= 0.6 is 0 Å². The average Bonchev–Trinajstić information content (AvgIpc) is 2.37. The maximum atomic E-state index is 13.2. The number of carbonyl (C=O) groups is 1. The van der Waals surface area contributed by atoms with Crippen LogP contribution in [0, 0.1) is 17.7 Å². The molecule has 1 heterocycles. The largest absolute Gasteiger partial charge is 0.366 e. The number of benzene rings is 1. The predicted octanol–water partition coefficient (Wildman–Crippen LogP) is 1.72. The molecule has 4 heteroatoms. The van der Waals surface area contributed by atoms with Gasteiger partial charge in [0.25, 0.3) is 0 Å². The van der Waals surface area contributed by atoms with Crippen molar-refractivity contribution in [3.8, 4) is 11.8 Å². The number of nitrogens with two attached hydrogens (primary N) is 1. The van der Waals surface area contributed by atoms with Crippen LogP contribution < -0.4 is 5.73 Å². The molecule has 0 spiro atoms. The van der Waals surface area contributed by atoms with Crippen LogP contribution in [0.15, 0.2) is 42.6 Å². The molecule has 2 aromatic rings. The topological polar surface area (TPSA) is 56.0 Å². The quantitative estimate of drug-likeness (QED) is 0.770. The summed E-state index contributed by atoms with van der Waals surface area (Å²) in [6.07, 6.45) is 1.62. The molecule has 18 heavy (non-hydrogen) atoms. The van der Waals surface area contributed by atoms with E-state index in [0.717, 1.165) is 6.07 Å². The van der Waals surface area contributed by atoms with Crippen molar-refractivity contribution in [1.29, 1.82) is 0 Å². The van der Waals surface area contributed by atoms with E-state index >= 15 is 0 Å². The zero-order valence-electron chi connectivity index (χ0n) is 9.35. The molecule has 0 atom stereocenters. The van der Waals surface area contributed by atoms with E-state index in [1.54, 1.807) is 24.4 Å². The van der Waals surface area contributed by atoms with Crippen LogP contribution in [0.25, 0.3) is 0 Å². The Morgan fingerprint density at radius 2 is 2.06 bits per heavy atom. The highest BCUT2D eigenvalue weighted by molar-refractivity contribution is 5.93. The molecule has 0 radical (unpaired) electrons. The molecule has 3 nitrogen and oxygen atoms in total. The van der Waals surface area contributed by atoms with Gasteiger partial charge >= 0.3 is 0 Å². The monoisotopic (exact) mass is 239 g/mol. The maximum Gasteiger partial charge on any atom is 0.248 e. The third kappa shape index (κ3) is 2.92. The van der Waals surface area contributed by atoms with Crippen LogP contribution in [0.5, 0.6) is 0 Å². The van der Waals surface area contributed by atoms with Gasteiger partial charge in [0.1, 0.15) is 11.5 Å². The Balaban J connectivity index is 2.36. The van der Waals surface area contributed by atoms with Crippen molar-refractivity contribution in [2.75, 3.05) is 0 Å². The summed E-state index contributed by atoms with van der Waals surface area (Å²) in [5.41, 5.74) is 6.15. The second kappa shape index (κ2) is 5.11. The lowest BCUT2D eigenvalue weighted by Gasteiger charge is -1.97. The van der Waals surface area contributed by atoms with Crippen molar-refractivity contribution < 1.29 is 9.18 Å². The van der Waals surface area contributed by atoms with Gasteiger partial charge in [0.05, 0.1) is 0 Å². The molecule has 0 bridgehead atoms. The smallest absolute Gasteiger partial charge is 0.248 e. The number of aromatic nitrogens is 1. The van der Waals surface area contributed by atoms with Crippen LogP contribution in [-0.2, 0) is 0 Å². The van der Waals surface area contributed by atoms with Gasteiger partial charge in [-0.1, -0.05) is 12.0 Å². The molecule has 0 fully saturated rings. The summed E-state index contributed by atoms with van der Waals surface area (Å²) in [6.45, 7) is 0. The van der Waals surface area contributed by atoms with Gasteiger partial charge in [-0.25, -0.2) is 9.37 Å². The Hall–Kier alpha value is -2.67. The summed E-state index contributed by atoms with van der Waals surface area (Å²) in [5, 5.41) is 0. The van der Waals surface area contributed by atoms with Gasteiger partial charge in [-0.05, 0) is 36.3 Å². The number of pyridine rings is 1. The van der Waals surface area contributed by atoms with E-state index in [0.29, 0.717) is 11.3 Å². The van der Waals surface area contributed by atoms with Crippen LogP contribution in [0.4, 0.5) is 4.39 Å². The zero-order valence-corrected chi connectivity index (χ0v) is 9.35. The number of primary amides is 1. The highest BCUT2D eigenvalue weighted by Crippen LogP contribution is 2.08. The van der Waals surface area contributed by atoms with Crippen molar-refractivity contribution in [1.82, 2.24) is 4.98 Å². The van der Waals surface area contributed by atoms with Gasteiger partial charge in [-0.2, -0.15) is 0 Å². The standard InChI is InChI=1S/C14H9FN2O/c15-12-8-10(7-11(9-12)14(16)18)4-5-13-3-1-2-6-17-13/h1-3,6-9H,(H2,16,18)/i15-1. The average molecular weight is 239 g/mol. The second-order valence-electron chi connectivity index (χ2n) is 3.56. The first-order valence-corrected chi connectivity index (χ1v) is 5.18. The number of amides is 1. The minimum atomic E-state index is -0.685. The van der Waals surface area contributed by atoms with E-state index in [2.05, 4.69) is 16.8 Å². The molecule has 0 aliphatic carbocycles. The summed E-state index contributed by atoms with van der Waals surface area (Å²) >= 11 is 0. The molecule has 1 aromatic heterocycles. The number of rotatable bonds is 1. The van der Waals surface area contributed by atoms with E-state index in [9.17, 15) is 9.18 Å². The molecule has 88 valence electrons. The molecule has 0 saturated carbocycles. The van der Waals surface area contributed by atoms with Gasteiger partial charge < -0.3 is 5.73 Å². The molecule has 1 aromatic carbocycles. The third-order valence-corrected chi connectivity index (χ3v) is 2.18. The molecule has 0 unspecified atom stereocenters. The predicted molar refractivity (Wildman–Crippen MR) is 65.1 cm³/mol. The fourth-order valence-corrected chi connectivity index (χ4v) is 1.38. The molecular formula is C14H9FN2O. The SMILES string of the molecule is NC(=O)c1cc([18F])cc(C#Cc2ccccn2)c1. The number of nitrogens with zero attached hydrogens (tertiary/aromatic N) is 1. The van der Waals surface area contributed by atoms with E-state index < -0.39 is 11.7 Å². The third-order valence-electron chi connectivity index (χ3n) is 2.18. The number of halogens is 1. The Bertz CT molecular complexity index is 642. The maximum absolute atomic E-state index is 13.2. The van der Waals surface area contributed by atoms with Crippen LogP contribution in [0.2, 0.25) is 0 Å². The van der Waals surface area contributed by atoms with Gasteiger partial charge in [0.2, 0.25) is 5.91 Å². The van der Waals surface area contributed by atoms with Crippen molar-refractivity contribution >= 4 is 5.91 Å². The van der Waals surface area contributed by atoms with Crippen LogP contribution in [-0.4, -0.2) is 10.9 Å². The van der Waals surface area contributed by atoms with Gasteiger partial charge in [-0.15, -0.1) is 0 Å². The lowest BCUT2D eigenvalue weighted by atomic mass is 10.1. The Morgan fingerprint density at radius 1 is 1.22 bits per heavy atom. The normalized spacial score (nSPS) is 9.39. The van der Waals surface area contributed by atoms with E-state index in [1.165, 1.54) is 12.1 Å². The van der Waals surface area contributed by atoms with Crippen molar-refractivity contribution in [2.24, 2.45) is 5.73 Å². The Morgan fingerprint density at radius 3 is 2.72 bits per heavy atom. The molecule has 0 saturated heterocycles. The van der Waals surface area contributed by atoms with Crippen LogP contribution in [0.1, 0.15) is 21.6 Å². The first-order chi connectivity index (χ1) is 8.65. The number of hydrogen-bond acceptors (Lipinski definition) is 2. The molecule has 0 aliphatic rings. The first-order valence-electron chi connectivity index (χ1n) is 5.18. The van der Waals surface area contributed by atoms with E-state index in [4.69, 9.17) is 5.73 Å². The summed E-state index contributed by atoms with van der Waals surface area (Å²) < 4.78 is 13.2. The summed E-state index contributed by atoms with van der Waals surface area (Å²) in [7, 11) is 0. The minimum Gasteiger partial charge on any atom is -0.366 e. The first kappa shape index (κ1) is 11.8. The fourth-order valence-electron chi connectivity index (χ4n) is 1.38. The Labute approximate surface area is 103 Å². The van der Waals surface area contributed by atoms with Gasteiger partial charge in [0, 0.05) is 17.3 Å². The van der Waals surface area contributed by atoms with Crippen molar-refractivity contribution in [2.45, 2.75) is 0 Å². The molecule has 1 amide bonds. The van der Waals surface area contributed by atoms with E-state index in [1.807, 2.05) is 0 Å². The van der Waals surface area contributed by atoms with E-state index in [-0.39, 0.29) is 5.56 Å². The van der Waals surface area contributed by atoms with Gasteiger partial charge in [-0.3, -0.25) is 4.79 Å². The highest BCUT2D eigenvalue weighted by atomic mass is 18.2. The minimum absolute atomic E-state index is 0.0975. The number of carbonyl (C=O) groups excluding carboxylic acids is 1. The molecule has 2 N–H and O–H groups in total. The number of hydrogen-bond donors (Lipinski definition) is 1.